The van der Waals surface area contributed by atoms with Crippen LogP contribution in [0.2, 0.25) is 0 Å². The average Bonchev–Trinajstić information content (AvgIpc) is 3.69. The second kappa shape index (κ2) is 22.7. The summed E-state index contributed by atoms with van der Waals surface area (Å²) in [5.41, 5.74) is 0.557. The fourth-order valence-electron chi connectivity index (χ4n) is 8.33. The normalized spacial score (nSPS) is 22.7. The highest BCUT2D eigenvalue weighted by Gasteiger charge is 2.46. The lowest BCUT2D eigenvalue weighted by Crippen LogP contribution is -2.58. The molecule has 6 amide bonds. The lowest BCUT2D eigenvalue weighted by molar-refractivity contribution is -0.161. The van der Waals surface area contributed by atoms with E-state index in [1.165, 1.54) is 9.80 Å². The van der Waals surface area contributed by atoms with Gasteiger partial charge >= 0.3 is 5.97 Å². The first-order chi connectivity index (χ1) is 30.4. The number of benzene rings is 2. The number of carbonyl (C=O) groups excluding carboxylic acids is 8. The Kier molecular flexibility index (Phi) is 17.4. The molecule has 0 aromatic heterocycles. The molecule has 1 aliphatic carbocycles. The maximum atomic E-state index is 14.9. The number of carbonyl (C=O) groups is 8. The number of esters is 1. The highest BCUT2D eigenvalue weighted by atomic mass is 16.6. The van der Waals surface area contributed by atoms with Crippen molar-refractivity contribution in [2.24, 2.45) is 11.8 Å². The van der Waals surface area contributed by atoms with Gasteiger partial charge in [-0.15, -0.1) is 0 Å². The summed E-state index contributed by atoms with van der Waals surface area (Å²) in [6.45, 7) is 7.21. The molecule has 17 heteroatoms. The molecule has 348 valence electrons. The zero-order chi connectivity index (χ0) is 46.6. The molecule has 17 nitrogen and oxygen atoms in total. The van der Waals surface area contributed by atoms with Gasteiger partial charge in [0, 0.05) is 33.5 Å². The SMILES string of the molecule is CCCC(NC(=O)[C@@H]1C[C@@H]2CN1C(=O)[C@H](C1CCC(C(=O)OC(C)(C)C)CC1)NC(=O)Cc1cccc(c1)OCCCO2)C(=O)C(=O)NCC(=O)N[C@H](C(=O)N(C)C)c1ccccc1. The smallest absolute Gasteiger partial charge is 0.309 e. The Hall–Kier alpha value is -5.84. The van der Waals surface area contributed by atoms with Gasteiger partial charge in [-0.25, -0.2) is 0 Å². The fourth-order valence-corrected chi connectivity index (χ4v) is 8.33. The van der Waals surface area contributed by atoms with E-state index in [9.17, 15) is 38.4 Å². The van der Waals surface area contributed by atoms with Crippen molar-refractivity contribution in [2.45, 2.75) is 121 Å². The van der Waals surface area contributed by atoms with Crippen LogP contribution < -0.4 is 26.0 Å². The standard InChI is InChI=1S/C47H64N6O11/c1-7-13-35(41(56)43(58)48-27-38(55)51-39(44(59)52(5)6)30-15-9-8-10-16-30)49-42(57)36-26-34-28-53(36)45(60)40(31-18-20-32(21-19-31)46(61)64-47(2,3)4)50-37(54)25-29-14-11-17-33(24-29)62-22-12-23-63-34/h8-11,14-17,24,31-32,34-36,39-40H,7,12-13,18-23,25-28H2,1-6H3,(H,48,58)(H,49,57)(H,50,54)(H,51,55)/t31?,32?,34-,35?,36+,39+,40+/m1/s1. The third-order valence-electron chi connectivity index (χ3n) is 11.6. The summed E-state index contributed by atoms with van der Waals surface area (Å²) in [4.78, 5) is 111. The lowest BCUT2D eigenvalue weighted by Gasteiger charge is -2.36. The van der Waals surface area contributed by atoms with E-state index in [0.29, 0.717) is 62.0 Å². The highest BCUT2D eigenvalue weighted by Crippen LogP contribution is 2.34. The first kappa shape index (κ1) is 49.2. The van der Waals surface area contributed by atoms with Gasteiger partial charge in [0.2, 0.25) is 35.3 Å². The minimum Gasteiger partial charge on any atom is -0.493 e. The molecular formula is C47H64N6O11. The van der Waals surface area contributed by atoms with Crippen molar-refractivity contribution in [3.8, 4) is 5.75 Å². The van der Waals surface area contributed by atoms with Gasteiger partial charge in [-0.3, -0.25) is 38.4 Å². The topological polar surface area (TPSA) is 219 Å². The molecule has 1 unspecified atom stereocenters. The Balaban J connectivity index is 1.32. The van der Waals surface area contributed by atoms with E-state index < -0.39 is 83.6 Å². The minimum absolute atomic E-state index is 0.0265. The number of hydrogen-bond acceptors (Lipinski definition) is 11. The van der Waals surface area contributed by atoms with Gasteiger partial charge in [-0.1, -0.05) is 55.8 Å². The van der Waals surface area contributed by atoms with Crippen LogP contribution in [0.5, 0.6) is 5.75 Å². The number of ether oxygens (including phenoxy) is 3. The molecule has 2 aromatic rings. The van der Waals surface area contributed by atoms with E-state index >= 15 is 0 Å². The van der Waals surface area contributed by atoms with Crippen molar-refractivity contribution in [2.75, 3.05) is 40.4 Å². The van der Waals surface area contributed by atoms with Gasteiger partial charge in [0.05, 0.1) is 44.2 Å². The maximum absolute atomic E-state index is 14.9. The summed E-state index contributed by atoms with van der Waals surface area (Å²) in [6, 6.07) is 11.3. The van der Waals surface area contributed by atoms with Crippen LogP contribution in [0, 0.1) is 11.8 Å². The summed E-state index contributed by atoms with van der Waals surface area (Å²) in [6.07, 6.45) is 2.24. The van der Waals surface area contributed by atoms with Gasteiger partial charge in [-0.2, -0.15) is 0 Å². The summed E-state index contributed by atoms with van der Waals surface area (Å²) in [7, 11) is 3.10. The number of fused-ring (bicyclic) bond motifs is 4. The number of Topliss-reactive ketones (excluding diaryl/α,β-unsaturated/α-hetero) is 1. The van der Waals surface area contributed by atoms with E-state index in [0.717, 1.165) is 0 Å². The van der Waals surface area contributed by atoms with Crippen LogP contribution in [0.3, 0.4) is 0 Å². The van der Waals surface area contributed by atoms with Gasteiger partial charge < -0.3 is 45.3 Å². The monoisotopic (exact) mass is 888 g/mol. The Morgan fingerprint density at radius 2 is 1.66 bits per heavy atom. The van der Waals surface area contributed by atoms with Crippen LogP contribution in [0.1, 0.15) is 96.2 Å². The highest BCUT2D eigenvalue weighted by molar-refractivity contribution is 6.38. The zero-order valence-electron chi connectivity index (χ0n) is 37.8. The molecule has 1 saturated carbocycles. The predicted octanol–water partition coefficient (Wildman–Crippen LogP) is 2.55. The Labute approximate surface area is 375 Å². The Bertz CT molecular complexity index is 2000. The van der Waals surface area contributed by atoms with Crippen LogP contribution >= 0.6 is 0 Å². The fraction of sp³-hybridized carbons (Fsp3) is 0.574. The number of amides is 6. The van der Waals surface area contributed by atoms with E-state index in [4.69, 9.17) is 14.2 Å². The molecule has 0 radical (unpaired) electrons. The largest absolute Gasteiger partial charge is 0.493 e. The molecule has 64 heavy (non-hydrogen) atoms. The quantitative estimate of drug-likeness (QED) is 0.169. The molecule has 4 N–H and O–H groups in total. The summed E-state index contributed by atoms with van der Waals surface area (Å²) in [5, 5.41) is 10.6. The molecule has 2 aromatic carbocycles. The molecule has 5 rings (SSSR count). The second-order valence-electron chi connectivity index (χ2n) is 18.0. The van der Waals surface area contributed by atoms with Crippen molar-refractivity contribution in [3.63, 3.8) is 0 Å². The van der Waals surface area contributed by atoms with Crippen molar-refractivity contribution < 1.29 is 52.6 Å². The first-order valence-corrected chi connectivity index (χ1v) is 22.3. The summed E-state index contributed by atoms with van der Waals surface area (Å²) >= 11 is 0. The van der Waals surface area contributed by atoms with Crippen molar-refractivity contribution in [1.82, 2.24) is 31.1 Å². The molecule has 0 spiro atoms. The first-order valence-electron chi connectivity index (χ1n) is 22.3. The zero-order valence-corrected chi connectivity index (χ0v) is 37.8. The van der Waals surface area contributed by atoms with Gasteiger partial charge in [0.15, 0.2) is 0 Å². The van der Waals surface area contributed by atoms with E-state index in [1.807, 2.05) is 0 Å². The second-order valence-corrected chi connectivity index (χ2v) is 18.0. The van der Waals surface area contributed by atoms with Gasteiger partial charge in [0.25, 0.3) is 5.91 Å². The Morgan fingerprint density at radius 3 is 2.33 bits per heavy atom. The van der Waals surface area contributed by atoms with Gasteiger partial charge in [0.1, 0.15) is 29.5 Å². The van der Waals surface area contributed by atoms with Crippen molar-refractivity contribution in [1.29, 1.82) is 0 Å². The van der Waals surface area contributed by atoms with E-state index in [1.54, 1.807) is 96.4 Å². The number of nitrogens with zero attached hydrogens (tertiary/aromatic N) is 2. The lowest BCUT2D eigenvalue weighted by atomic mass is 9.78. The van der Waals surface area contributed by atoms with Crippen LogP contribution in [-0.4, -0.2) is 127 Å². The van der Waals surface area contributed by atoms with Crippen molar-refractivity contribution >= 4 is 47.2 Å². The summed E-state index contributed by atoms with van der Waals surface area (Å²) < 4.78 is 17.8. The molecule has 3 aliphatic rings. The average molecular weight is 889 g/mol. The van der Waals surface area contributed by atoms with Gasteiger partial charge in [-0.05, 0) is 82.1 Å². The van der Waals surface area contributed by atoms with Crippen LogP contribution in [0.4, 0.5) is 0 Å². The number of ketones is 1. The number of hydrogen-bond donors (Lipinski definition) is 4. The molecular weight excluding hydrogens is 825 g/mol. The number of rotatable bonds is 13. The minimum atomic E-state index is -1.29. The molecule has 4 bridgehead atoms. The third-order valence-corrected chi connectivity index (χ3v) is 11.6. The van der Waals surface area contributed by atoms with Crippen LogP contribution in [0.25, 0.3) is 0 Å². The molecule has 2 heterocycles. The van der Waals surface area contributed by atoms with Crippen LogP contribution in [-0.2, 0) is 54.3 Å². The maximum Gasteiger partial charge on any atom is 0.309 e. The molecule has 2 aliphatic heterocycles. The third kappa shape index (κ3) is 13.8. The number of likely N-dealkylation sites (N-methyl/N-ethyl adjacent to an activating group) is 1. The number of nitrogens with one attached hydrogen (secondary N) is 4. The van der Waals surface area contributed by atoms with Crippen LogP contribution in [0.15, 0.2) is 54.6 Å². The van der Waals surface area contributed by atoms with E-state index in [2.05, 4.69) is 21.3 Å². The molecule has 2 fully saturated rings. The van der Waals surface area contributed by atoms with Crippen molar-refractivity contribution in [3.05, 3.63) is 65.7 Å². The Morgan fingerprint density at radius 1 is 0.938 bits per heavy atom. The molecule has 1 saturated heterocycles. The summed E-state index contributed by atoms with van der Waals surface area (Å²) in [5.74, 6) is -5.23. The predicted molar refractivity (Wildman–Crippen MR) is 234 cm³/mol. The molecule has 5 atom stereocenters. The van der Waals surface area contributed by atoms with E-state index in [-0.39, 0.29) is 50.2 Å².